The first-order chi connectivity index (χ1) is 15.4. The normalized spacial score (nSPS) is 19.5. The maximum atomic E-state index is 12.6. The summed E-state index contributed by atoms with van der Waals surface area (Å²) in [5.74, 6) is 0.878. The van der Waals surface area contributed by atoms with Crippen LogP contribution < -0.4 is 10.1 Å². The van der Waals surface area contributed by atoms with E-state index in [4.69, 9.17) is 9.47 Å². The fourth-order valence-electron chi connectivity index (χ4n) is 4.48. The number of nitrogens with zero attached hydrogens (tertiary/aromatic N) is 1. The summed E-state index contributed by atoms with van der Waals surface area (Å²) in [6.07, 6.45) is 2.79. The molecule has 32 heavy (non-hydrogen) atoms. The molecule has 1 saturated heterocycles. The van der Waals surface area contributed by atoms with Gasteiger partial charge < -0.3 is 24.8 Å². The smallest absolute Gasteiger partial charge is 0.407 e. The number of carbonyl (C=O) groups excluding carboxylic acids is 1. The van der Waals surface area contributed by atoms with Crippen LogP contribution in [0.2, 0.25) is 0 Å². The van der Waals surface area contributed by atoms with Crippen LogP contribution in [0.3, 0.4) is 0 Å². The van der Waals surface area contributed by atoms with Crippen molar-refractivity contribution in [2.75, 3.05) is 19.6 Å². The molecule has 2 heterocycles. The van der Waals surface area contributed by atoms with Crippen LogP contribution in [0.5, 0.6) is 5.75 Å². The molecule has 0 bridgehead atoms. The second kappa shape index (κ2) is 9.92. The van der Waals surface area contributed by atoms with Gasteiger partial charge in [0.2, 0.25) is 0 Å². The number of aliphatic hydroxyl groups is 1. The van der Waals surface area contributed by atoms with E-state index in [1.807, 2.05) is 48.5 Å². The summed E-state index contributed by atoms with van der Waals surface area (Å²) < 4.78 is 11.5. The molecule has 2 aromatic carbocycles. The summed E-state index contributed by atoms with van der Waals surface area (Å²) in [7, 11) is 0. The van der Waals surface area contributed by atoms with Crippen molar-refractivity contribution in [1.29, 1.82) is 0 Å². The first kappa shape index (κ1) is 22.6. The van der Waals surface area contributed by atoms with E-state index in [0.717, 1.165) is 61.2 Å². The quantitative estimate of drug-likeness (QED) is 0.678. The molecular weight excluding hydrogens is 404 g/mol. The van der Waals surface area contributed by atoms with Crippen molar-refractivity contribution in [3.8, 4) is 5.75 Å². The standard InChI is InChI=1S/C26H34N2O4/c1-26(2)13-12-20-16-21(10-11-23(20)32-26)24(29)22(17-28-14-6-7-15-28)27-25(30)31-18-19-8-4-3-5-9-19/h3-5,8-11,16,22,24,29H,6-7,12-15,17-18H2,1-2H3,(H,27,30)/t22-,24?/m1/s1. The predicted octanol–water partition coefficient (Wildman–Crippen LogP) is 4.21. The highest BCUT2D eigenvalue weighted by molar-refractivity contribution is 5.67. The minimum atomic E-state index is -0.833. The number of rotatable bonds is 7. The van der Waals surface area contributed by atoms with Crippen LogP contribution >= 0.6 is 0 Å². The minimum Gasteiger partial charge on any atom is -0.488 e. The molecule has 0 saturated carbocycles. The molecule has 2 aliphatic rings. The van der Waals surface area contributed by atoms with Crippen LogP contribution in [0.15, 0.2) is 48.5 Å². The van der Waals surface area contributed by atoms with E-state index in [2.05, 4.69) is 24.1 Å². The zero-order valence-corrected chi connectivity index (χ0v) is 19.0. The second-order valence-corrected chi connectivity index (χ2v) is 9.49. The summed E-state index contributed by atoms with van der Waals surface area (Å²) in [6, 6.07) is 15.0. The van der Waals surface area contributed by atoms with Gasteiger partial charge >= 0.3 is 6.09 Å². The lowest BCUT2D eigenvalue weighted by molar-refractivity contribution is 0.0817. The monoisotopic (exact) mass is 438 g/mol. The Bertz CT molecular complexity index is 909. The summed E-state index contributed by atoms with van der Waals surface area (Å²) in [5, 5.41) is 14.2. The molecule has 1 amide bonds. The third-order valence-corrected chi connectivity index (χ3v) is 6.36. The fourth-order valence-corrected chi connectivity index (χ4v) is 4.48. The Labute approximate surface area is 190 Å². The Balaban J connectivity index is 1.45. The van der Waals surface area contributed by atoms with Crippen molar-refractivity contribution in [2.45, 2.75) is 63.9 Å². The van der Waals surface area contributed by atoms with E-state index in [9.17, 15) is 9.90 Å². The van der Waals surface area contributed by atoms with Gasteiger partial charge in [-0.3, -0.25) is 0 Å². The van der Waals surface area contributed by atoms with Gasteiger partial charge in [0.05, 0.1) is 6.04 Å². The fraction of sp³-hybridized carbons (Fsp3) is 0.500. The molecule has 2 aliphatic heterocycles. The number of aliphatic hydroxyl groups excluding tert-OH is 1. The Morgan fingerprint density at radius 3 is 2.69 bits per heavy atom. The molecular formula is C26H34N2O4. The van der Waals surface area contributed by atoms with E-state index in [0.29, 0.717) is 6.54 Å². The largest absolute Gasteiger partial charge is 0.488 e. The third kappa shape index (κ3) is 5.81. The molecule has 6 heteroatoms. The first-order valence-electron chi connectivity index (χ1n) is 11.6. The molecule has 0 spiro atoms. The van der Waals surface area contributed by atoms with Gasteiger partial charge in [0.1, 0.15) is 24.1 Å². The zero-order chi connectivity index (χ0) is 22.6. The Morgan fingerprint density at radius 2 is 1.94 bits per heavy atom. The van der Waals surface area contributed by atoms with Crippen molar-refractivity contribution in [2.24, 2.45) is 0 Å². The van der Waals surface area contributed by atoms with Crippen molar-refractivity contribution < 1.29 is 19.4 Å². The molecule has 172 valence electrons. The summed E-state index contributed by atoms with van der Waals surface area (Å²) >= 11 is 0. The topological polar surface area (TPSA) is 71.0 Å². The van der Waals surface area contributed by atoms with Crippen LogP contribution in [0.25, 0.3) is 0 Å². The highest BCUT2D eigenvalue weighted by Crippen LogP contribution is 2.35. The molecule has 0 aliphatic carbocycles. The predicted molar refractivity (Wildman–Crippen MR) is 124 cm³/mol. The molecule has 4 rings (SSSR count). The lowest BCUT2D eigenvalue weighted by Crippen LogP contribution is -2.46. The molecule has 1 fully saturated rings. The molecule has 2 N–H and O–H groups in total. The molecule has 1 unspecified atom stereocenters. The van der Waals surface area contributed by atoms with E-state index >= 15 is 0 Å². The number of aryl methyl sites for hydroxylation is 1. The minimum absolute atomic E-state index is 0.171. The lowest BCUT2D eigenvalue weighted by atomic mass is 9.91. The molecule has 2 aromatic rings. The van der Waals surface area contributed by atoms with Gasteiger partial charge in [-0.05, 0) is 81.4 Å². The highest BCUT2D eigenvalue weighted by Gasteiger charge is 2.30. The number of alkyl carbamates (subject to hydrolysis) is 1. The number of hydrogen-bond acceptors (Lipinski definition) is 5. The van der Waals surface area contributed by atoms with Crippen molar-refractivity contribution in [1.82, 2.24) is 10.2 Å². The number of hydrogen-bond donors (Lipinski definition) is 2. The Morgan fingerprint density at radius 1 is 1.19 bits per heavy atom. The van der Waals surface area contributed by atoms with Gasteiger partial charge in [0.25, 0.3) is 0 Å². The molecule has 0 aromatic heterocycles. The van der Waals surface area contributed by atoms with Gasteiger partial charge in [-0.1, -0.05) is 36.4 Å². The van der Waals surface area contributed by atoms with Crippen molar-refractivity contribution in [3.63, 3.8) is 0 Å². The Kier molecular flexibility index (Phi) is 7.01. The number of nitrogens with one attached hydrogen (secondary N) is 1. The van der Waals surface area contributed by atoms with Gasteiger partial charge in [-0.15, -0.1) is 0 Å². The number of benzene rings is 2. The molecule has 6 nitrogen and oxygen atoms in total. The second-order valence-electron chi connectivity index (χ2n) is 9.49. The van der Waals surface area contributed by atoms with Crippen LogP contribution in [0.4, 0.5) is 4.79 Å². The van der Waals surface area contributed by atoms with Crippen LogP contribution in [0, 0.1) is 0 Å². The highest BCUT2D eigenvalue weighted by atomic mass is 16.5. The average molecular weight is 439 g/mol. The van der Waals surface area contributed by atoms with E-state index in [-0.39, 0.29) is 12.2 Å². The van der Waals surface area contributed by atoms with E-state index < -0.39 is 18.2 Å². The third-order valence-electron chi connectivity index (χ3n) is 6.36. The van der Waals surface area contributed by atoms with E-state index in [1.165, 1.54) is 0 Å². The summed E-state index contributed by atoms with van der Waals surface area (Å²) in [5.41, 5.74) is 2.65. The lowest BCUT2D eigenvalue weighted by Gasteiger charge is -2.33. The number of ether oxygens (including phenoxy) is 2. The van der Waals surface area contributed by atoms with E-state index in [1.54, 1.807) is 0 Å². The number of amides is 1. The average Bonchev–Trinajstić information content (AvgIpc) is 3.30. The maximum absolute atomic E-state index is 12.6. The van der Waals surface area contributed by atoms with Gasteiger partial charge in [0.15, 0.2) is 0 Å². The van der Waals surface area contributed by atoms with Gasteiger partial charge in [-0.25, -0.2) is 4.79 Å². The van der Waals surface area contributed by atoms with Crippen LogP contribution in [-0.2, 0) is 17.8 Å². The Hall–Kier alpha value is -2.57. The summed E-state index contributed by atoms with van der Waals surface area (Å²) in [4.78, 5) is 14.8. The maximum Gasteiger partial charge on any atom is 0.407 e. The zero-order valence-electron chi connectivity index (χ0n) is 19.0. The SMILES string of the molecule is CC1(C)CCc2cc(C(O)[C@@H](CN3CCCC3)NC(=O)OCc3ccccc3)ccc2O1. The number of carbonyl (C=O) groups is 1. The molecule has 2 atom stereocenters. The van der Waals surface area contributed by atoms with Crippen LogP contribution in [0.1, 0.15) is 55.9 Å². The first-order valence-corrected chi connectivity index (χ1v) is 11.6. The van der Waals surface area contributed by atoms with Gasteiger partial charge in [0, 0.05) is 6.54 Å². The van der Waals surface area contributed by atoms with Gasteiger partial charge in [-0.2, -0.15) is 0 Å². The summed E-state index contributed by atoms with van der Waals surface area (Å²) in [6.45, 7) is 6.94. The van der Waals surface area contributed by atoms with Crippen molar-refractivity contribution >= 4 is 6.09 Å². The molecule has 0 radical (unpaired) electrons. The van der Waals surface area contributed by atoms with Crippen molar-refractivity contribution in [3.05, 3.63) is 65.2 Å². The number of likely N-dealkylation sites (tertiary alicyclic amines) is 1. The van der Waals surface area contributed by atoms with Crippen LogP contribution in [-0.4, -0.2) is 47.4 Å². The number of fused-ring (bicyclic) bond motifs is 1.